The van der Waals surface area contributed by atoms with Crippen LogP contribution >= 0.6 is 0 Å². The lowest BCUT2D eigenvalue weighted by Crippen LogP contribution is -2.29. The predicted molar refractivity (Wildman–Crippen MR) is 151 cm³/mol. The molecule has 3 aromatic carbocycles. The molecule has 2 heterocycles. The smallest absolute Gasteiger partial charge is 0.300 e. The van der Waals surface area contributed by atoms with E-state index in [1.54, 1.807) is 18.2 Å². The van der Waals surface area contributed by atoms with Gasteiger partial charge in [-0.2, -0.15) is 0 Å². The van der Waals surface area contributed by atoms with E-state index >= 15 is 0 Å². The summed E-state index contributed by atoms with van der Waals surface area (Å²) in [5, 5.41) is 11.5. The Morgan fingerprint density at radius 3 is 2.32 bits per heavy atom. The van der Waals surface area contributed by atoms with Crippen LogP contribution in [0.4, 0.5) is 11.4 Å². The highest BCUT2D eigenvalue weighted by Gasteiger charge is 2.47. The molecular formula is C32H34N2O4. The molecule has 0 spiro atoms. The first-order chi connectivity index (χ1) is 18.3. The molecule has 2 aliphatic heterocycles. The Labute approximate surface area is 224 Å². The third-order valence-electron chi connectivity index (χ3n) is 7.09. The van der Waals surface area contributed by atoms with Crippen LogP contribution < -0.4 is 14.5 Å². The lowest BCUT2D eigenvalue weighted by molar-refractivity contribution is -0.132. The SMILES string of the molecule is Cc1cccc(C2/C(=C(\O)c3cccc(OCC(C)C)c3)C(=O)C(=O)N2c2ccc(N3CCCC3)cc2)c1. The van der Waals surface area contributed by atoms with E-state index in [1.165, 1.54) is 17.7 Å². The number of ketones is 1. The Hall–Kier alpha value is -4.06. The summed E-state index contributed by atoms with van der Waals surface area (Å²) >= 11 is 0. The third-order valence-corrected chi connectivity index (χ3v) is 7.09. The number of hydrogen-bond acceptors (Lipinski definition) is 5. The van der Waals surface area contributed by atoms with E-state index in [0.717, 1.165) is 29.9 Å². The molecule has 0 saturated carbocycles. The molecule has 0 aromatic heterocycles. The first-order valence-corrected chi connectivity index (χ1v) is 13.3. The van der Waals surface area contributed by atoms with Crippen molar-refractivity contribution in [2.75, 3.05) is 29.5 Å². The van der Waals surface area contributed by atoms with Gasteiger partial charge in [-0.25, -0.2) is 0 Å². The van der Waals surface area contributed by atoms with E-state index in [2.05, 4.69) is 18.7 Å². The number of ether oxygens (including phenoxy) is 1. The van der Waals surface area contributed by atoms with Crippen LogP contribution in [0.15, 0.2) is 78.4 Å². The summed E-state index contributed by atoms with van der Waals surface area (Å²) in [6.45, 7) is 8.66. The fraction of sp³-hybridized carbons (Fsp3) is 0.312. The lowest BCUT2D eigenvalue weighted by atomic mass is 9.94. The molecule has 5 rings (SSSR count). The Kier molecular flexibility index (Phi) is 7.23. The highest BCUT2D eigenvalue weighted by atomic mass is 16.5. The molecule has 1 unspecified atom stereocenters. The van der Waals surface area contributed by atoms with Crippen LogP contribution in [0.5, 0.6) is 5.75 Å². The third kappa shape index (κ3) is 5.03. The second-order valence-corrected chi connectivity index (χ2v) is 10.5. The van der Waals surface area contributed by atoms with Crippen molar-refractivity contribution in [3.63, 3.8) is 0 Å². The second-order valence-electron chi connectivity index (χ2n) is 10.5. The van der Waals surface area contributed by atoms with Crippen LogP contribution in [0, 0.1) is 12.8 Å². The summed E-state index contributed by atoms with van der Waals surface area (Å²) in [5.41, 5.74) is 4.00. The van der Waals surface area contributed by atoms with Gasteiger partial charge in [-0.15, -0.1) is 0 Å². The van der Waals surface area contributed by atoms with Crippen molar-refractivity contribution < 1.29 is 19.4 Å². The number of carbonyl (C=O) groups is 2. The van der Waals surface area contributed by atoms with Gasteiger partial charge in [-0.05, 0) is 67.6 Å². The van der Waals surface area contributed by atoms with Crippen molar-refractivity contribution in [3.05, 3.63) is 95.1 Å². The minimum atomic E-state index is -0.757. The minimum Gasteiger partial charge on any atom is -0.507 e. The van der Waals surface area contributed by atoms with E-state index in [0.29, 0.717) is 29.5 Å². The van der Waals surface area contributed by atoms with Gasteiger partial charge in [0.1, 0.15) is 11.5 Å². The van der Waals surface area contributed by atoms with Gasteiger partial charge >= 0.3 is 0 Å². The molecule has 1 atom stereocenters. The van der Waals surface area contributed by atoms with Gasteiger partial charge in [0.25, 0.3) is 11.7 Å². The highest BCUT2D eigenvalue weighted by molar-refractivity contribution is 6.51. The van der Waals surface area contributed by atoms with Crippen molar-refractivity contribution in [2.24, 2.45) is 5.92 Å². The van der Waals surface area contributed by atoms with Gasteiger partial charge < -0.3 is 14.7 Å². The molecule has 38 heavy (non-hydrogen) atoms. The number of aliphatic hydroxyl groups is 1. The molecule has 3 aromatic rings. The Morgan fingerprint density at radius 1 is 0.947 bits per heavy atom. The maximum atomic E-state index is 13.5. The van der Waals surface area contributed by atoms with Crippen LogP contribution in [0.1, 0.15) is 49.4 Å². The van der Waals surface area contributed by atoms with Gasteiger partial charge in [-0.1, -0.05) is 55.8 Å². The molecule has 196 valence electrons. The van der Waals surface area contributed by atoms with Crippen LogP contribution in [0.3, 0.4) is 0 Å². The number of aliphatic hydroxyl groups excluding tert-OH is 1. The Morgan fingerprint density at radius 2 is 1.63 bits per heavy atom. The lowest BCUT2D eigenvalue weighted by Gasteiger charge is -2.26. The van der Waals surface area contributed by atoms with Crippen LogP contribution in [-0.4, -0.2) is 36.5 Å². The average Bonchev–Trinajstić information content (AvgIpc) is 3.55. The summed E-state index contributed by atoms with van der Waals surface area (Å²) < 4.78 is 5.84. The molecule has 6 nitrogen and oxygen atoms in total. The number of benzene rings is 3. The molecule has 1 amide bonds. The molecule has 2 fully saturated rings. The zero-order valence-electron chi connectivity index (χ0n) is 22.2. The molecule has 6 heteroatoms. The maximum Gasteiger partial charge on any atom is 0.300 e. The van der Waals surface area contributed by atoms with Crippen molar-refractivity contribution in [1.29, 1.82) is 0 Å². The fourth-order valence-corrected chi connectivity index (χ4v) is 5.21. The highest BCUT2D eigenvalue weighted by Crippen LogP contribution is 2.43. The van der Waals surface area contributed by atoms with E-state index in [4.69, 9.17) is 4.74 Å². The molecule has 1 N–H and O–H groups in total. The number of anilines is 2. The Bertz CT molecular complexity index is 1370. The monoisotopic (exact) mass is 510 g/mol. The van der Waals surface area contributed by atoms with Gasteiger partial charge in [0, 0.05) is 30.0 Å². The molecule has 0 bridgehead atoms. The largest absolute Gasteiger partial charge is 0.507 e. The fourth-order valence-electron chi connectivity index (χ4n) is 5.21. The molecule has 0 aliphatic carbocycles. The van der Waals surface area contributed by atoms with Crippen molar-refractivity contribution >= 4 is 28.8 Å². The van der Waals surface area contributed by atoms with Crippen LogP contribution in [-0.2, 0) is 9.59 Å². The van der Waals surface area contributed by atoms with Gasteiger partial charge in [0.15, 0.2) is 0 Å². The molecule has 2 saturated heterocycles. The summed E-state index contributed by atoms with van der Waals surface area (Å²) in [5.74, 6) is -0.622. The van der Waals surface area contributed by atoms with E-state index in [-0.39, 0.29) is 11.3 Å². The maximum absolute atomic E-state index is 13.5. The first-order valence-electron chi connectivity index (χ1n) is 13.3. The van der Waals surface area contributed by atoms with Gasteiger partial charge in [0.05, 0.1) is 18.2 Å². The van der Waals surface area contributed by atoms with Crippen molar-refractivity contribution in [3.8, 4) is 5.75 Å². The van der Waals surface area contributed by atoms with E-state index in [9.17, 15) is 14.7 Å². The molecule has 2 aliphatic rings. The summed E-state index contributed by atoms with van der Waals surface area (Å²) in [6, 6.07) is 21.8. The number of hydrogen-bond donors (Lipinski definition) is 1. The number of nitrogens with zero attached hydrogens (tertiary/aromatic N) is 2. The zero-order chi connectivity index (χ0) is 26.8. The number of amides is 1. The summed E-state index contributed by atoms with van der Waals surface area (Å²) in [7, 11) is 0. The van der Waals surface area contributed by atoms with Gasteiger partial charge in [-0.3, -0.25) is 14.5 Å². The van der Waals surface area contributed by atoms with E-state index < -0.39 is 17.7 Å². The first kappa shape index (κ1) is 25.6. The molecular weight excluding hydrogens is 476 g/mol. The van der Waals surface area contributed by atoms with E-state index in [1.807, 2.05) is 61.5 Å². The normalized spacial score (nSPS) is 19.0. The number of aryl methyl sites for hydroxylation is 1. The number of rotatable bonds is 7. The van der Waals surface area contributed by atoms with Crippen molar-refractivity contribution in [2.45, 2.75) is 39.7 Å². The number of Topliss-reactive ketones (excluding diaryl/α,β-unsaturated/α-hetero) is 1. The standard InChI is InChI=1S/C32H34N2O4/c1-21(2)20-38-27-11-7-10-24(19-27)30(35)28-29(23-9-6-8-22(3)18-23)34(32(37)31(28)36)26-14-12-25(13-15-26)33-16-4-5-17-33/h6-15,18-19,21,29,35H,4-5,16-17,20H2,1-3H3/b30-28+. The van der Waals surface area contributed by atoms with Crippen LogP contribution in [0.2, 0.25) is 0 Å². The number of carbonyl (C=O) groups excluding carboxylic acids is 2. The van der Waals surface area contributed by atoms with Gasteiger partial charge in [0.2, 0.25) is 0 Å². The predicted octanol–water partition coefficient (Wildman–Crippen LogP) is 6.26. The summed E-state index contributed by atoms with van der Waals surface area (Å²) in [4.78, 5) is 30.8. The average molecular weight is 511 g/mol. The van der Waals surface area contributed by atoms with Crippen LogP contribution in [0.25, 0.3) is 5.76 Å². The topological polar surface area (TPSA) is 70.1 Å². The molecule has 0 radical (unpaired) electrons. The Balaban J connectivity index is 1.59. The quantitative estimate of drug-likeness (QED) is 0.231. The zero-order valence-corrected chi connectivity index (χ0v) is 22.2. The second kappa shape index (κ2) is 10.7. The van der Waals surface area contributed by atoms with Crippen molar-refractivity contribution in [1.82, 2.24) is 0 Å². The summed E-state index contributed by atoms with van der Waals surface area (Å²) in [6.07, 6.45) is 2.35. The minimum absolute atomic E-state index is 0.0743.